The summed E-state index contributed by atoms with van der Waals surface area (Å²) < 4.78 is 5.78. The Morgan fingerprint density at radius 2 is 1.71 bits per heavy atom. The highest BCUT2D eigenvalue weighted by Crippen LogP contribution is 2.44. The molecule has 5 rings (SSSR count). The molecule has 2 N–H and O–H groups in total. The van der Waals surface area contributed by atoms with Crippen molar-refractivity contribution in [3.63, 3.8) is 0 Å². The lowest BCUT2D eigenvalue weighted by Gasteiger charge is -2.29. The Balaban J connectivity index is 1.49. The molecule has 6 heteroatoms. The van der Waals surface area contributed by atoms with E-state index in [-0.39, 0.29) is 6.42 Å². The van der Waals surface area contributed by atoms with E-state index in [4.69, 9.17) is 9.51 Å². The average Bonchev–Trinajstić information content (AvgIpc) is 3.26. The number of anilines is 2. The number of nitrogens with one attached hydrogen (secondary N) is 1. The second-order valence-corrected chi connectivity index (χ2v) is 8.66. The molecule has 1 aliphatic rings. The Hall–Kier alpha value is -4.45. The maximum absolute atomic E-state index is 11.9. The summed E-state index contributed by atoms with van der Waals surface area (Å²) in [6, 6.07) is 25.7. The number of carboxylic acid groups (broad SMARTS) is 1. The third-order valence-electron chi connectivity index (χ3n) is 6.23. The highest BCUT2D eigenvalue weighted by atomic mass is 16.5. The number of aryl methyl sites for hydroxylation is 1. The standard InChI is InChI=1S/C29H25N3O3/c1-20-27(31-25-14-8-13-24(30-25)23-11-6-3-7-12-23)28(35-32-20)29(19-26(33)34)17-15-22(16-18-29)21-9-4-2-5-10-21/h2-17H,18-19H2,1H3,(H,30,31)(H,33,34). The lowest BCUT2D eigenvalue weighted by atomic mass is 9.74. The zero-order valence-corrected chi connectivity index (χ0v) is 19.3. The van der Waals surface area contributed by atoms with Gasteiger partial charge in [-0.05, 0) is 36.6 Å². The largest absolute Gasteiger partial charge is 0.481 e. The second kappa shape index (κ2) is 9.43. The molecule has 4 aromatic rings. The van der Waals surface area contributed by atoms with Gasteiger partial charge in [-0.25, -0.2) is 4.98 Å². The molecule has 174 valence electrons. The van der Waals surface area contributed by atoms with Gasteiger partial charge in [0.2, 0.25) is 0 Å². The van der Waals surface area contributed by atoms with Crippen LogP contribution in [0.25, 0.3) is 16.8 Å². The molecule has 0 fully saturated rings. The van der Waals surface area contributed by atoms with Crippen LogP contribution >= 0.6 is 0 Å². The molecule has 0 radical (unpaired) electrons. The smallest absolute Gasteiger partial charge is 0.304 e. The van der Waals surface area contributed by atoms with Gasteiger partial charge in [0, 0.05) is 5.56 Å². The minimum absolute atomic E-state index is 0.122. The third-order valence-corrected chi connectivity index (χ3v) is 6.23. The molecular weight excluding hydrogens is 438 g/mol. The van der Waals surface area contributed by atoms with Crippen LogP contribution in [0.1, 0.15) is 29.9 Å². The van der Waals surface area contributed by atoms with Crippen molar-refractivity contribution in [1.82, 2.24) is 10.1 Å². The molecule has 6 nitrogen and oxygen atoms in total. The van der Waals surface area contributed by atoms with E-state index in [9.17, 15) is 9.90 Å². The fourth-order valence-electron chi connectivity index (χ4n) is 4.43. The van der Waals surface area contributed by atoms with Gasteiger partial charge in [0.1, 0.15) is 17.2 Å². The van der Waals surface area contributed by atoms with Crippen molar-refractivity contribution in [2.24, 2.45) is 0 Å². The fraction of sp³-hybridized carbons (Fsp3) is 0.138. The Labute approximate surface area is 203 Å². The van der Waals surface area contributed by atoms with Crippen LogP contribution in [0.5, 0.6) is 0 Å². The van der Waals surface area contributed by atoms with Crippen LogP contribution < -0.4 is 5.32 Å². The van der Waals surface area contributed by atoms with Crippen LogP contribution in [0.3, 0.4) is 0 Å². The molecule has 1 unspecified atom stereocenters. The Bertz CT molecular complexity index is 1410. The first-order chi connectivity index (χ1) is 17.0. The maximum atomic E-state index is 11.9. The molecule has 2 heterocycles. The summed E-state index contributed by atoms with van der Waals surface area (Å²) in [5.74, 6) is 0.212. The summed E-state index contributed by atoms with van der Waals surface area (Å²) >= 11 is 0. The topological polar surface area (TPSA) is 88.2 Å². The molecular formula is C29H25N3O3. The molecule has 0 saturated carbocycles. The van der Waals surface area contributed by atoms with Gasteiger partial charge in [0.25, 0.3) is 0 Å². The van der Waals surface area contributed by atoms with Gasteiger partial charge in [0.05, 0.1) is 17.5 Å². The van der Waals surface area contributed by atoms with E-state index in [0.29, 0.717) is 29.4 Å². The van der Waals surface area contributed by atoms with Crippen LogP contribution in [-0.4, -0.2) is 21.2 Å². The Morgan fingerprint density at radius 3 is 2.37 bits per heavy atom. The number of aromatic nitrogens is 2. The molecule has 35 heavy (non-hydrogen) atoms. The van der Waals surface area contributed by atoms with Crippen molar-refractivity contribution in [2.45, 2.75) is 25.2 Å². The number of carbonyl (C=O) groups is 1. The fourth-order valence-corrected chi connectivity index (χ4v) is 4.43. The van der Waals surface area contributed by atoms with Gasteiger partial charge in [0.15, 0.2) is 5.76 Å². The lowest BCUT2D eigenvalue weighted by Crippen LogP contribution is -2.28. The van der Waals surface area contributed by atoms with Crippen LogP contribution in [0, 0.1) is 6.92 Å². The summed E-state index contributed by atoms with van der Waals surface area (Å²) in [5, 5.41) is 17.3. The summed E-state index contributed by atoms with van der Waals surface area (Å²) in [5.41, 5.74) is 4.39. The molecule has 0 saturated heterocycles. The second-order valence-electron chi connectivity index (χ2n) is 8.66. The quantitative estimate of drug-likeness (QED) is 0.323. The molecule has 0 amide bonds. The van der Waals surface area contributed by atoms with E-state index in [1.54, 1.807) is 0 Å². The summed E-state index contributed by atoms with van der Waals surface area (Å²) in [6.45, 7) is 1.84. The van der Waals surface area contributed by atoms with E-state index in [1.165, 1.54) is 0 Å². The summed E-state index contributed by atoms with van der Waals surface area (Å²) in [4.78, 5) is 16.7. The van der Waals surface area contributed by atoms with Crippen molar-refractivity contribution < 1.29 is 14.4 Å². The predicted molar refractivity (Wildman–Crippen MR) is 136 cm³/mol. The number of hydrogen-bond donors (Lipinski definition) is 2. The van der Waals surface area contributed by atoms with Crippen LogP contribution in [-0.2, 0) is 10.2 Å². The predicted octanol–water partition coefficient (Wildman–Crippen LogP) is 6.54. The molecule has 1 atom stereocenters. The van der Waals surface area contributed by atoms with Gasteiger partial charge in [-0.1, -0.05) is 90.1 Å². The number of carboxylic acids is 1. The zero-order valence-electron chi connectivity index (χ0n) is 19.3. The van der Waals surface area contributed by atoms with Crippen molar-refractivity contribution in [2.75, 3.05) is 5.32 Å². The first-order valence-electron chi connectivity index (χ1n) is 11.5. The zero-order chi connectivity index (χ0) is 24.3. The summed E-state index contributed by atoms with van der Waals surface area (Å²) in [7, 11) is 0. The van der Waals surface area contributed by atoms with E-state index >= 15 is 0 Å². The van der Waals surface area contributed by atoms with Crippen molar-refractivity contribution in [3.05, 3.63) is 114 Å². The lowest BCUT2D eigenvalue weighted by molar-refractivity contribution is -0.138. The van der Waals surface area contributed by atoms with Crippen LogP contribution in [0.15, 0.2) is 102 Å². The van der Waals surface area contributed by atoms with E-state index in [0.717, 1.165) is 22.4 Å². The molecule has 2 aromatic carbocycles. The number of rotatable bonds is 7. The van der Waals surface area contributed by atoms with Crippen molar-refractivity contribution in [1.29, 1.82) is 0 Å². The van der Waals surface area contributed by atoms with Crippen LogP contribution in [0.4, 0.5) is 11.5 Å². The SMILES string of the molecule is Cc1noc(C2(CC(=O)O)C=CC(c3ccccc3)=CC2)c1Nc1cccc(-c2ccccc2)n1. The van der Waals surface area contributed by atoms with Gasteiger partial charge in [-0.15, -0.1) is 0 Å². The van der Waals surface area contributed by atoms with E-state index < -0.39 is 11.4 Å². The molecule has 2 aromatic heterocycles. The number of benzene rings is 2. The van der Waals surface area contributed by atoms with E-state index in [2.05, 4.69) is 16.5 Å². The van der Waals surface area contributed by atoms with Gasteiger partial charge in [-0.2, -0.15) is 0 Å². The van der Waals surface area contributed by atoms with Crippen molar-refractivity contribution in [3.8, 4) is 11.3 Å². The Morgan fingerprint density at radius 1 is 1.00 bits per heavy atom. The first kappa shape index (κ1) is 22.3. The Kier molecular flexibility index (Phi) is 6.02. The number of pyridine rings is 1. The van der Waals surface area contributed by atoms with Crippen LogP contribution in [0.2, 0.25) is 0 Å². The monoisotopic (exact) mass is 463 g/mol. The molecule has 0 aliphatic heterocycles. The minimum Gasteiger partial charge on any atom is -0.481 e. The molecule has 0 bridgehead atoms. The van der Waals surface area contributed by atoms with Gasteiger partial charge in [-0.3, -0.25) is 4.79 Å². The number of allylic oxidation sites excluding steroid dienone is 4. The van der Waals surface area contributed by atoms with Crippen molar-refractivity contribution >= 4 is 23.0 Å². The molecule has 0 spiro atoms. The number of hydrogen-bond acceptors (Lipinski definition) is 5. The van der Waals surface area contributed by atoms with E-state index in [1.807, 2.05) is 97.9 Å². The minimum atomic E-state index is -0.907. The van der Waals surface area contributed by atoms with Gasteiger partial charge >= 0.3 is 5.97 Å². The normalized spacial score (nSPS) is 17.1. The number of aliphatic carboxylic acids is 1. The highest BCUT2D eigenvalue weighted by molar-refractivity contribution is 5.79. The van der Waals surface area contributed by atoms with Gasteiger partial charge < -0.3 is 14.9 Å². The number of nitrogens with zero attached hydrogens (tertiary/aromatic N) is 2. The maximum Gasteiger partial charge on any atom is 0.304 e. The first-order valence-corrected chi connectivity index (χ1v) is 11.5. The average molecular weight is 464 g/mol. The molecule has 1 aliphatic carbocycles. The summed E-state index contributed by atoms with van der Waals surface area (Å²) in [6.07, 6.45) is 6.32. The highest BCUT2D eigenvalue weighted by Gasteiger charge is 2.40. The third kappa shape index (κ3) is 4.64.